The van der Waals surface area contributed by atoms with Crippen LogP contribution in [-0.4, -0.2) is 24.3 Å². The van der Waals surface area contributed by atoms with E-state index in [1.807, 2.05) is 0 Å². The number of carbonyl (C=O) groups excluding carboxylic acids is 2. The minimum Gasteiger partial charge on any atom is -0.461 e. The van der Waals surface area contributed by atoms with Crippen LogP contribution in [0.15, 0.2) is 35.9 Å². The van der Waals surface area contributed by atoms with Crippen molar-refractivity contribution in [1.29, 1.82) is 0 Å². The fraction of sp³-hybridized carbons (Fsp3) is 0.286. The highest BCUT2D eigenvalue weighted by molar-refractivity contribution is 6.05. The van der Waals surface area contributed by atoms with Crippen LogP contribution >= 0.6 is 0 Å². The normalized spacial score (nSPS) is 12.1. The number of Topliss-reactive ketones (excluding diaryl/α,β-unsaturated/α-hetero) is 1. The maximum atomic E-state index is 13.8. The van der Waals surface area contributed by atoms with Gasteiger partial charge in [-0.1, -0.05) is 30.3 Å². The molecule has 0 unspecified atom stereocenters. The van der Waals surface area contributed by atoms with E-state index in [9.17, 15) is 18.4 Å². The molecule has 0 amide bonds. The summed E-state index contributed by atoms with van der Waals surface area (Å²) in [5, 5.41) is 0. The lowest BCUT2D eigenvalue weighted by Crippen LogP contribution is -2.35. The Kier molecular flexibility index (Phi) is 4.92. The van der Waals surface area contributed by atoms with Crippen molar-refractivity contribution in [2.75, 3.05) is 6.61 Å². The van der Waals surface area contributed by atoms with E-state index in [2.05, 4.69) is 4.74 Å². The molecular weight excluding hydrogens is 254 g/mol. The minimum absolute atomic E-state index is 0.176. The van der Waals surface area contributed by atoms with E-state index in [-0.39, 0.29) is 6.61 Å². The quantitative estimate of drug-likeness (QED) is 0.609. The van der Waals surface area contributed by atoms with Gasteiger partial charge in [0.05, 0.1) is 12.2 Å². The van der Waals surface area contributed by atoms with Gasteiger partial charge >= 0.3 is 11.9 Å². The molecule has 0 fully saturated rings. The molecule has 102 valence electrons. The molecule has 0 aromatic heterocycles. The first-order valence-corrected chi connectivity index (χ1v) is 5.72. The number of halogens is 2. The van der Waals surface area contributed by atoms with Gasteiger partial charge in [0.25, 0.3) is 0 Å². The average Bonchev–Trinajstić information content (AvgIpc) is 2.37. The fourth-order valence-electron chi connectivity index (χ4n) is 1.46. The largest absolute Gasteiger partial charge is 0.461 e. The van der Waals surface area contributed by atoms with Gasteiger partial charge < -0.3 is 4.74 Å². The van der Waals surface area contributed by atoms with Crippen molar-refractivity contribution < 1.29 is 23.1 Å². The van der Waals surface area contributed by atoms with Crippen molar-refractivity contribution in [3.8, 4) is 0 Å². The van der Waals surface area contributed by atoms with Gasteiger partial charge in [-0.3, -0.25) is 4.79 Å². The third kappa shape index (κ3) is 3.71. The second-order valence-corrected chi connectivity index (χ2v) is 3.82. The van der Waals surface area contributed by atoms with Crippen LogP contribution in [0.4, 0.5) is 8.78 Å². The van der Waals surface area contributed by atoms with Crippen LogP contribution in [0.25, 0.3) is 6.08 Å². The third-order valence-electron chi connectivity index (χ3n) is 2.36. The van der Waals surface area contributed by atoms with Gasteiger partial charge in [0.1, 0.15) is 0 Å². The van der Waals surface area contributed by atoms with Gasteiger partial charge in [0, 0.05) is 0 Å². The second kappa shape index (κ2) is 6.22. The number of hydrogen-bond acceptors (Lipinski definition) is 3. The number of benzene rings is 1. The molecule has 0 N–H and O–H groups in total. The predicted octanol–water partition coefficient (Wildman–Crippen LogP) is 2.86. The predicted molar refractivity (Wildman–Crippen MR) is 66.7 cm³/mol. The molecule has 0 bridgehead atoms. The van der Waals surface area contributed by atoms with Crippen molar-refractivity contribution in [1.82, 2.24) is 0 Å². The molecule has 0 spiro atoms. The molecule has 5 heteroatoms. The highest BCUT2D eigenvalue weighted by Crippen LogP contribution is 2.28. The number of ether oxygens (including phenoxy) is 1. The van der Waals surface area contributed by atoms with Gasteiger partial charge in [-0.2, -0.15) is 8.78 Å². The molecule has 1 aromatic carbocycles. The van der Waals surface area contributed by atoms with Crippen LogP contribution in [0.3, 0.4) is 0 Å². The van der Waals surface area contributed by atoms with E-state index in [0.29, 0.717) is 5.56 Å². The maximum Gasteiger partial charge on any atom is 0.382 e. The van der Waals surface area contributed by atoms with Crippen LogP contribution < -0.4 is 0 Å². The van der Waals surface area contributed by atoms with Crippen molar-refractivity contribution in [3.05, 3.63) is 41.5 Å². The Morgan fingerprint density at radius 1 is 1.26 bits per heavy atom. The monoisotopic (exact) mass is 268 g/mol. The summed E-state index contributed by atoms with van der Waals surface area (Å²) in [6.45, 7) is 2.23. The van der Waals surface area contributed by atoms with Crippen molar-refractivity contribution in [2.24, 2.45) is 0 Å². The zero-order valence-electron chi connectivity index (χ0n) is 10.7. The standard InChI is InChI=1S/C14H14F2O3/c1-3-19-13(18)14(15,16)12(10(2)17)9-11-7-5-4-6-8-11/h4-9H,3H2,1-2H3/b12-9-. The van der Waals surface area contributed by atoms with Crippen molar-refractivity contribution in [3.63, 3.8) is 0 Å². The molecular formula is C14H14F2O3. The smallest absolute Gasteiger partial charge is 0.382 e. The van der Waals surface area contributed by atoms with Gasteiger partial charge in [0.15, 0.2) is 5.78 Å². The molecule has 0 aliphatic heterocycles. The zero-order chi connectivity index (χ0) is 14.5. The Labute approximate surface area is 109 Å². The number of hydrogen-bond donors (Lipinski definition) is 0. The molecule has 0 heterocycles. The summed E-state index contributed by atoms with van der Waals surface area (Å²) in [6.07, 6.45) is 0.999. The fourth-order valence-corrected chi connectivity index (χ4v) is 1.46. The van der Waals surface area contributed by atoms with Crippen LogP contribution in [0.5, 0.6) is 0 Å². The van der Waals surface area contributed by atoms with E-state index in [1.165, 1.54) is 6.92 Å². The average molecular weight is 268 g/mol. The Balaban J connectivity index is 3.18. The first-order valence-electron chi connectivity index (χ1n) is 5.72. The Hall–Kier alpha value is -2.04. The summed E-state index contributed by atoms with van der Waals surface area (Å²) in [6, 6.07) is 8.13. The van der Waals surface area contributed by atoms with Crippen LogP contribution in [0.1, 0.15) is 19.4 Å². The first kappa shape index (κ1) is 15.0. The Morgan fingerprint density at radius 3 is 2.32 bits per heavy atom. The molecule has 0 atom stereocenters. The van der Waals surface area contributed by atoms with Crippen LogP contribution in [0, 0.1) is 0 Å². The molecule has 19 heavy (non-hydrogen) atoms. The molecule has 1 rings (SSSR count). The lowest BCUT2D eigenvalue weighted by Gasteiger charge is -2.16. The first-order chi connectivity index (χ1) is 8.89. The van der Waals surface area contributed by atoms with E-state index in [0.717, 1.165) is 13.0 Å². The summed E-state index contributed by atoms with van der Waals surface area (Å²) < 4.78 is 32.0. The minimum atomic E-state index is -3.95. The van der Waals surface area contributed by atoms with Gasteiger partial charge in [-0.05, 0) is 25.5 Å². The Morgan fingerprint density at radius 2 is 1.84 bits per heavy atom. The van der Waals surface area contributed by atoms with E-state index in [4.69, 9.17) is 0 Å². The van der Waals surface area contributed by atoms with Crippen molar-refractivity contribution in [2.45, 2.75) is 19.8 Å². The SMILES string of the molecule is CCOC(=O)C(F)(F)/C(=C\c1ccccc1)C(C)=O. The van der Waals surface area contributed by atoms with E-state index < -0.39 is 23.2 Å². The summed E-state index contributed by atoms with van der Waals surface area (Å²) in [4.78, 5) is 22.6. The summed E-state index contributed by atoms with van der Waals surface area (Å²) in [5.74, 6) is -6.54. The third-order valence-corrected chi connectivity index (χ3v) is 2.36. The second-order valence-electron chi connectivity index (χ2n) is 3.82. The number of carbonyl (C=O) groups is 2. The zero-order valence-corrected chi connectivity index (χ0v) is 10.7. The summed E-state index contributed by atoms with van der Waals surface area (Å²) in [7, 11) is 0. The lowest BCUT2D eigenvalue weighted by atomic mass is 10.0. The highest BCUT2D eigenvalue weighted by atomic mass is 19.3. The van der Waals surface area contributed by atoms with Crippen molar-refractivity contribution >= 4 is 17.8 Å². The van der Waals surface area contributed by atoms with E-state index in [1.54, 1.807) is 30.3 Å². The summed E-state index contributed by atoms with van der Waals surface area (Å²) in [5.41, 5.74) is -0.464. The highest BCUT2D eigenvalue weighted by Gasteiger charge is 2.46. The lowest BCUT2D eigenvalue weighted by molar-refractivity contribution is -0.166. The number of rotatable bonds is 5. The number of alkyl halides is 2. The Bertz CT molecular complexity index is 493. The van der Waals surface area contributed by atoms with Crippen LogP contribution in [0.2, 0.25) is 0 Å². The van der Waals surface area contributed by atoms with Gasteiger partial charge in [0.2, 0.25) is 0 Å². The molecule has 1 aromatic rings. The topological polar surface area (TPSA) is 43.4 Å². The molecule has 0 saturated carbocycles. The van der Waals surface area contributed by atoms with Gasteiger partial charge in [-0.15, -0.1) is 0 Å². The molecule has 3 nitrogen and oxygen atoms in total. The molecule has 0 aliphatic rings. The molecule has 0 radical (unpaired) electrons. The van der Waals surface area contributed by atoms with E-state index >= 15 is 0 Å². The summed E-state index contributed by atoms with van der Waals surface area (Å²) >= 11 is 0. The van der Waals surface area contributed by atoms with Gasteiger partial charge in [-0.25, -0.2) is 4.79 Å². The number of esters is 1. The number of ketones is 1. The van der Waals surface area contributed by atoms with Crippen LogP contribution in [-0.2, 0) is 14.3 Å². The molecule has 0 saturated heterocycles. The maximum absolute atomic E-state index is 13.8. The molecule has 0 aliphatic carbocycles.